The van der Waals surface area contributed by atoms with Crippen molar-refractivity contribution in [3.8, 4) is 28.7 Å². The second kappa shape index (κ2) is 14.0. The molecule has 3 rings (SSSR count). The Morgan fingerprint density at radius 1 is 1.06 bits per heavy atom. The Balaban J connectivity index is 0.00000306. The van der Waals surface area contributed by atoms with Crippen molar-refractivity contribution in [1.82, 2.24) is 9.88 Å². The van der Waals surface area contributed by atoms with E-state index in [4.69, 9.17) is 24.7 Å². The molecule has 3 aromatic rings. The third kappa shape index (κ3) is 6.70. The van der Waals surface area contributed by atoms with Crippen LogP contribution < -0.4 is 24.7 Å². The fourth-order valence-corrected chi connectivity index (χ4v) is 4.14. The van der Waals surface area contributed by atoms with Crippen LogP contribution in [0.5, 0.6) is 28.7 Å². The summed E-state index contributed by atoms with van der Waals surface area (Å²) in [6, 6.07) is 8.98. The van der Waals surface area contributed by atoms with Gasteiger partial charge in [0, 0.05) is 24.7 Å². The summed E-state index contributed by atoms with van der Waals surface area (Å²) in [5.41, 5.74) is 7.02. The normalized spacial score (nSPS) is 10.9. The molecule has 1 amide bonds. The van der Waals surface area contributed by atoms with Gasteiger partial charge in [0.2, 0.25) is 11.5 Å². The maximum Gasteiger partial charge on any atom is 0.258 e. The second-order valence-corrected chi connectivity index (χ2v) is 8.20. The number of hydrogen-bond donors (Lipinski definition) is 1. The van der Waals surface area contributed by atoms with Gasteiger partial charge in [-0.25, -0.2) is 4.98 Å². The first-order valence-corrected chi connectivity index (χ1v) is 11.3. The molecule has 35 heavy (non-hydrogen) atoms. The van der Waals surface area contributed by atoms with Crippen LogP contribution in [0.4, 0.5) is 0 Å². The summed E-state index contributed by atoms with van der Waals surface area (Å²) in [7, 11) is 6.20. The molecule has 1 atom stereocenters. The molecular weight excluding hydrogens is 513 g/mol. The van der Waals surface area contributed by atoms with E-state index < -0.39 is 0 Å². The molecule has 0 saturated heterocycles. The molecule has 0 aliphatic heterocycles. The van der Waals surface area contributed by atoms with E-state index in [1.54, 1.807) is 24.2 Å². The summed E-state index contributed by atoms with van der Waals surface area (Å²) >= 11 is 1.49. The molecule has 1 unspecified atom stereocenters. The van der Waals surface area contributed by atoms with Crippen molar-refractivity contribution >= 4 is 42.1 Å². The number of carbonyl (C=O) groups excluding carboxylic acids is 1. The van der Waals surface area contributed by atoms with Crippen molar-refractivity contribution in [1.29, 1.82) is 0 Å². The first-order valence-electron chi connectivity index (χ1n) is 10.4. The number of benzene rings is 2. The molecule has 0 saturated carbocycles. The molecule has 0 fully saturated rings. The molecule has 1 aromatic heterocycles. The fraction of sp³-hybridized carbons (Fsp3) is 0.333. The number of halogens is 2. The number of carbonyl (C=O) groups is 1. The first-order chi connectivity index (χ1) is 15.9. The van der Waals surface area contributed by atoms with Crippen LogP contribution in [0.3, 0.4) is 0 Å². The third-order valence-corrected chi connectivity index (χ3v) is 6.24. The van der Waals surface area contributed by atoms with Crippen LogP contribution in [0.2, 0.25) is 0 Å². The SMILES string of the molecule is COc1c(Oc2ccc(CCN)cc2)cc(C(=O)N(C)C(C)c2nccs2)c(OC)c1OC.Cl.Cl. The molecule has 0 aliphatic carbocycles. The van der Waals surface area contributed by atoms with E-state index in [1.165, 1.54) is 32.7 Å². The van der Waals surface area contributed by atoms with Crippen LogP contribution in [0.1, 0.15) is 33.9 Å². The summed E-state index contributed by atoms with van der Waals surface area (Å²) in [5, 5.41) is 2.71. The molecule has 0 aliphatic rings. The Morgan fingerprint density at radius 2 is 1.69 bits per heavy atom. The molecule has 8 nitrogen and oxygen atoms in total. The number of hydrogen-bond acceptors (Lipinski definition) is 8. The topological polar surface area (TPSA) is 96.1 Å². The highest BCUT2D eigenvalue weighted by Gasteiger charge is 2.29. The zero-order valence-corrected chi connectivity index (χ0v) is 22.7. The van der Waals surface area contributed by atoms with Gasteiger partial charge < -0.3 is 29.6 Å². The molecule has 0 spiro atoms. The lowest BCUT2D eigenvalue weighted by Crippen LogP contribution is -2.30. The molecule has 2 N–H and O–H groups in total. The van der Waals surface area contributed by atoms with Crippen LogP contribution in [-0.4, -0.2) is 50.7 Å². The van der Waals surface area contributed by atoms with Crippen LogP contribution in [-0.2, 0) is 6.42 Å². The van der Waals surface area contributed by atoms with Crippen LogP contribution in [0, 0.1) is 0 Å². The minimum Gasteiger partial charge on any atom is -0.492 e. The van der Waals surface area contributed by atoms with Gasteiger partial charge in [-0.15, -0.1) is 36.2 Å². The number of methoxy groups -OCH3 is 3. The van der Waals surface area contributed by atoms with Gasteiger partial charge in [0.05, 0.1) is 32.9 Å². The van der Waals surface area contributed by atoms with Crippen LogP contribution >= 0.6 is 36.2 Å². The second-order valence-electron chi connectivity index (χ2n) is 7.27. The first kappa shape index (κ1) is 30.3. The zero-order valence-electron chi connectivity index (χ0n) is 20.3. The Labute approximate surface area is 222 Å². The highest BCUT2D eigenvalue weighted by Crippen LogP contribution is 2.48. The van der Waals surface area contributed by atoms with Gasteiger partial charge in [-0.05, 0) is 37.6 Å². The van der Waals surface area contributed by atoms with Gasteiger partial charge in [0.1, 0.15) is 10.8 Å². The van der Waals surface area contributed by atoms with Gasteiger partial charge >= 0.3 is 0 Å². The Hall–Kier alpha value is -2.72. The standard InChI is InChI=1S/C24H29N3O5S.2ClH/c1-15(23-26-12-13-33-23)27(2)24(28)18-14-19(21(30-4)22(31-5)20(18)29-3)32-17-8-6-16(7-9-17)10-11-25;;/h6-9,12-15H,10-11,25H2,1-5H3;2*1H. The smallest absolute Gasteiger partial charge is 0.258 e. The van der Waals surface area contributed by atoms with Crippen LogP contribution in [0.15, 0.2) is 41.9 Å². The molecule has 0 bridgehead atoms. The quantitative estimate of drug-likeness (QED) is 0.378. The van der Waals surface area contributed by atoms with Crippen LogP contribution in [0.25, 0.3) is 0 Å². The number of aromatic nitrogens is 1. The van der Waals surface area contributed by atoms with Crippen molar-refractivity contribution in [3.05, 3.63) is 58.0 Å². The van der Waals surface area contributed by atoms with Crippen molar-refractivity contribution in [3.63, 3.8) is 0 Å². The number of nitrogens with zero attached hydrogens (tertiary/aromatic N) is 2. The zero-order chi connectivity index (χ0) is 24.0. The van der Waals surface area contributed by atoms with E-state index in [0.717, 1.165) is 17.0 Å². The minimum absolute atomic E-state index is 0. The number of ether oxygens (including phenoxy) is 4. The lowest BCUT2D eigenvalue weighted by molar-refractivity contribution is 0.0737. The number of thiazole rings is 1. The predicted molar refractivity (Wildman–Crippen MR) is 142 cm³/mol. The summed E-state index contributed by atoms with van der Waals surface area (Å²) in [5.74, 6) is 1.52. The third-order valence-electron chi connectivity index (χ3n) is 5.29. The Kier molecular flexibility index (Phi) is 12.1. The summed E-state index contributed by atoms with van der Waals surface area (Å²) in [4.78, 5) is 19.4. The molecular formula is C24H31Cl2N3O5S. The van der Waals surface area contributed by atoms with E-state index >= 15 is 0 Å². The number of amides is 1. The molecule has 192 valence electrons. The lowest BCUT2D eigenvalue weighted by Gasteiger charge is -2.25. The number of nitrogens with two attached hydrogens (primary N) is 1. The molecule has 11 heteroatoms. The van der Waals surface area contributed by atoms with E-state index in [2.05, 4.69) is 4.98 Å². The average molecular weight is 545 g/mol. The maximum atomic E-state index is 13.5. The van der Waals surface area contributed by atoms with E-state index in [9.17, 15) is 4.79 Å². The van der Waals surface area contributed by atoms with Gasteiger partial charge in [-0.3, -0.25) is 4.79 Å². The van der Waals surface area contributed by atoms with E-state index in [0.29, 0.717) is 23.8 Å². The van der Waals surface area contributed by atoms with Gasteiger partial charge in [0.25, 0.3) is 5.91 Å². The van der Waals surface area contributed by atoms with E-state index in [-0.39, 0.29) is 53.8 Å². The summed E-state index contributed by atoms with van der Waals surface area (Å²) in [6.07, 6.45) is 2.50. The van der Waals surface area contributed by atoms with Gasteiger partial charge in [-0.1, -0.05) is 12.1 Å². The fourth-order valence-electron chi connectivity index (χ4n) is 3.41. The highest BCUT2D eigenvalue weighted by molar-refractivity contribution is 7.09. The van der Waals surface area contributed by atoms with E-state index in [1.807, 2.05) is 36.6 Å². The predicted octanol–water partition coefficient (Wildman–Crippen LogP) is 5.14. The largest absolute Gasteiger partial charge is 0.492 e. The molecule has 0 radical (unpaired) electrons. The number of rotatable bonds is 10. The monoisotopic (exact) mass is 543 g/mol. The van der Waals surface area contributed by atoms with Crippen molar-refractivity contribution < 1.29 is 23.7 Å². The van der Waals surface area contributed by atoms with Crippen molar-refractivity contribution in [2.75, 3.05) is 34.9 Å². The highest BCUT2D eigenvalue weighted by atomic mass is 35.5. The van der Waals surface area contributed by atoms with Gasteiger partial charge in [-0.2, -0.15) is 0 Å². The minimum atomic E-state index is -0.265. The summed E-state index contributed by atoms with van der Waals surface area (Å²) < 4.78 is 22.8. The maximum absolute atomic E-state index is 13.5. The average Bonchev–Trinajstić information content (AvgIpc) is 3.38. The van der Waals surface area contributed by atoms with Gasteiger partial charge in [0.15, 0.2) is 11.5 Å². The van der Waals surface area contributed by atoms with Crippen molar-refractivity contribution in [2.24, 2.45) is 5.73 Å². The summed E-state index contributed by atoms with van der Waals surface area (Å²) in [6.45, 7) is 2.49. The molecule has 1 heterocycles. The Morgan fingerprint density at radius 3 is 2.20 bits per heavy atom. The molecule has 2 aromatic carbocycles. The van der Waals surface area contributed by atoms with Crippen molar-refractivity contribution in [2.45, 2.75) is 19.4 Å². The lowest BCUT2D eigenvalue weighted by atomic mass is 10.1. The Bertz CT molecular complexity index is 1080.